The summed E-state index contributed by atoms with van der Waals surface area (Å²) in [5.41, 5.74) is 4.03. The van der Waals surface area contributed by atoms with Crippen molar-refractivity contribution < 1.29 is 8.76 Å². The van der Waals surface area contributed by atoms with Gasteiger partial charge in [0.15, 0.2) is 0 Å². The summed E-state index contributed by atoms with van der Waals surface area (Å²) in [6.45, 7) is 4.52. The Morgan fingerprint density at radius 1 is 0.719 bits per heavy atom. The van der Waals surface area contributed by atoms with E-state index in [0.717, 1.165) is 16.5 Å². The van der Waals surface area contributed by atoms with Crippen molar-refractivity contribution in [2.75, 3.05) is 19.0 Å². The van der Waals surface area contributed by atoms with Gasteiger partial charge < -0.3 is 9.45 Å². The zero-order valence-corrected chi connectivity index (χ0v) is 20.9. The van der Waals surface area contributed by atoms with Crippen molar-refractivity contribution in [3.8, 4) is 0 Å². The van der Waals surface area contributed by atoms with Crippen LogP contribution in [0.3, 0.4) is 0 Å². The van der Waals surface area contributed by atoms with Crippen LogP contribution in [0.2, 0.25) is 0 Å². The number of unbranched alkanes of at least 4 members (excludes halogenated alkanes) is 4. The third kappa shape index (κ3) is 8.07. The number of rotatable bonds is 10. The van der Waals surface area contributed by atoms with Gasteiger partial charge in [0, 0.05) is 30.1 Å². The molecule has 0 amide bonds. The number of nitrogens with zero attached hydrogens (tertiary/aromatic N) is 1. The molecule has 3 rings (SSSR count). The van der Waals surface area contributed by atoms with Crippen LogP contribution in [0.15, 0.2) is 65.6 Å². The maximum atomic E-state index is 11.1. The fraction of sp³-hybridized carbons (Fsp3) is 0.429. The van der Waals surface area contributed by atoms with E-state index in [1.165, 1.54) is 62.5 Å². The highest BCUT2D eigenvalue weighted by atomic mass is 32.2. The van der Waals surface area contributed by atoms with Crippen LogP contribution in [0, 0.1) is 0 Å². The van der Waals surface area contributed by atoms with Crippen LogP contribution in [0.5, 0.6) is 0 Å². The molecule has 174 valence electrons. The van der Waals surface area contributed by atoms with Gasteiger partial charge in [0.05, 0.1) is 0 Å². The molecule has 0 N–H and O–H groups in total. The van der Waals surface area contributed by atoms with E-state index in [2.05, 4.69) is 38.1 Å². The van der Waals surface area contributed by atoms with E-state index in [9.17, 15) is 8.76 Å². The van der Waals surface area contributed by atoms with E-state index in [4.69, 9.17) is 0 Å². The fourth-order valence-corrected chi connectivity index (χ4v) is 4.36. The third-order valence-electron chi connectivity index (χ3n) is 5.68. The van der Waals surface area contributed by atoms with Crippen molar-refractivity contribution in [3.05, 3.63) is 71.8 Å². The van der Waals surface area contributed by atoms with Gasteiger partial charge in [-0.25, -0.2) is 0 Å². The average Bonchev–Trinajstić information content (AvgIpc) is 2.80. The highest BCUT2D eigenvalue weighted by Crippen LogP contribution is 2.28. The molecule has 0 spiro atoms. The summed E-state index contributed by atoms with van der Waals surface area (Å²) in [5, 5.41) is 1.72. The third-order valence-corrected chi connectivity index (χ3v) is 6.40. The van der Waals surface area contributed by atoms with Crippen LogP contribution in [0.1, 0.15) is 63.5 Å². The van der Waals surface area contributed by atoms with Gasteiger partial charge in [-0.1, -0.05) is 88.1 Å². The molecule has 0 radical (unpaired) electrons. The lowest BCUT2D eigenvalue weighted by Gasteiger charge is -2.17. The summed E-state index contributed by atoms with van der Waals surface area (Å²) in [6.07, 6.45) is 10.6. The van der Waals surface area contributed by atoms with Gasteiger partial charge >= 0.3 is 0 Å². The molecule has 0 saturated carbocycles. The molecular formula is C28H38NO2S-. The van der Waals surface area contributed by atoms with E-state index in [1.807, 2.05) is 43.3 Å². The van der Waals surface area contributed by atoms with Crippen LogP contribution < -0.4 is 4.90 Å². The van der Waals surface area contributed by atoms with Gasteiger partial charge in [-0.15, -0.1) is 0 Å². The average molecular weight is 453 g/mol. The molecule has 0 aliphatic carbocycles. The predicted molar refractivity (Wildman–Crippen MR) is 138 cm³/mol. The van der Waals surface area contributed by atoms with Crippen molar-refractivity contribution in [1.82, 2.24) is 0 Å². The Morgan fingerprint density at radius 2 is 1.28 bits per heavy atom. The lowest BCUT2D eigenvalue weighted by molar-refractivity contribution is 0.538. The van der Waals surface area contributed by atoms with Crippen LogP contribution in [0.4, 0.5) is 5.69 Å². The summed E-state index contributed by atoms with van der Waals surface area (Å²) < 4.78 is 22.2. The summed E-state index contributed by atoms with van der Waals surface area (Å²) in [4.78, 5) is 2.32. The number of aryl methyl sites for hydroxylation is 2. The van der Waals surface area contributed by atoms with Crippen molar-refractivity contribution in [1.29, 1.82) is 0 Å². The number of hydrogen-bond donors (Lipinski definition) is 0. The topological polar surface area (TPSA) is 43.4 Å². The minimum Gasteiger partial charge on any atom is -0.768 e. The van der Waals surface area contributed by atoms with Crippen molar-refractivity contribution in [2.45, 2.75) is 70.1 Å². The molecule has 1 unspecified atom stereocenters. The first-order valence-corrected chi connectivity index (χ1v) is 12.9. The Balaban J connectivity index is 0.000000227. The van der Waals surface area contributed by atoms with E-state index < -0.39 is 11.1 Å². The normalized spacial score (nSPS) is 11.7. The van der Waals surface area contributed by atoms with Gasteiger partial charge in [-0.3, -0.25) is 4.21 Å². The summed E-state index contributed by atoms with van der Waals surface area (Å²) >= 11 is -2.19. The summed E-state index contributed by atoms with van der Waals surface area (Å²) in [6, 6.07) is 20.2. The molecule has 0 saturated heterocycles. The molecule has 32 heavy (non-hydrogen) atoms. The highest BCUT2D eigenvalue weighted by Gasteiger charge is 2.06. The van der Waals surface area contributed by atoms with Crippen LogP contribution in [-0.2, 0) is 23.9 Å². The number of anilines is 1. The van der Waals surface area contributed by atoms with Gasteiger partial charge in [0.25, 0.3) is 0 Å². The minimum absolute atomic E-state index is 0.348. The Morgan fingerprint density at radius 3 is 1.84 bits per heavy atom. The van der Waals surface area contributed by atoms with Crippen molar-refractivity contribution in [3.63, 3.8) is 0 Å². The number of benzene rings is 3. The van der Waals surface area contributed by atoms with Crippen LogP contribution >= 0.6 is 0 Å². The molecule has 3 aromatic rings. The predicted octanol–water partition coefficient (Wildman–Crippen LogP) is 7.30. The van der Waals surface area contributed by atoms with E-state index in [-0.39, 0.29) is 0 Å². The Hall–Kier alpha value is -2.17. The van der Waals surface area contributed by atoms with Gasteiger partial charge in [-0.2, -0.15) is 0 Å². The Labute approximate surface area is 197 Å². The molecule has 0 heterocycles. The molecule has 3 aromatic carbocycles. The number of fused-ring (bicyclic) bond motifs is 1. The zero-order chi connectivity index (χ0) is 23.3. The maximum Gasteiger partial charge on any atom is 0.0441 e. The molecule has 0 aliphatic heterocycles. The second kappa shape index (κ2) is 14.1. The molecule has 1 atom stereocenters. The molecule has 3 nitrogen and oxygen atoms in total. The molecule has 0 bridgehead atoms. The summed E-state index contributed by atoms with van der Waals surface area (Å²) in [5.74, 6) is 0. The molecule has 0 fully saturated rings. The maximum absolute atomic E-state index is 11.1. The van der Waals surface area contributed by atoms with E-state index >= 15 is 0 Å². The first-order chi connectivity index (χ1) is 15.5. The lowest BCUT2D eigenvalue weighted by Crippen LogP contribution is -2.09. The van der Waals surface area contributed by atoms with Crippen LogP contribution in [-0.4, -0.2) is 22.9 Å². The van der Waals surface area contributed by atoms with E-state index in [1.54, 1.807) is 12.1 Å². The first-order valence-electron chi connectivity index (χ1n) is 11.8. The number of hydrogen-bond acceptors (Lipinski definition) is 3. The Kier molecular flexibility index (Phi) is 11.5. The zero-order valence-electron chi connectivity index (χ0n) is 20.1. The van der Waals surface area contributed by atoms with Gasteiger partial charge in [0.2, 0.25) is 0 Å². The molecule has 0 aliphatic rings. The van der Waals surface area contributed by atoms with Crippen molar-refractivity contribution >= 4 is 27.5 Å². The monoisotopic (exact) mass is 452 g/mol. The van der Waals surface area contributed by atoms with Crippen molar-refractivity contribution in [2.24, 2.45) is 0 Å². The Bertz CT molecular complexity index is 967. The second-order valence-corrected chi connectivity index (χ2v) is 9.40. The molecular weight excluding hydrogens is 414 g/mol. The summed E-state index contributed by atoms with van der Waals surface area (Å²) in [7, 11) is 3.88. The first kappa shape index (κ1) is 26.1. The SMILES string of the molecule is CCCCCCc1ccc(CCCC)cc1.CN(C)c1cccc2c(S(=O)[O-])cccc12. The highest BCUT2D eigenvalue weighted by molar-refractivity contribution is 7.79. The second-order valence-electron chi connectivity index (χ2n) is 8.49. The standard InChI is InChI=1S/C16H26.C12H13NO2S/c1-3-5-7-8-10-16-13-11-15(12-14-16)9-6-4-2;1-13(2)11-7-3-6-10-9(11)5-4-8-12(10)16(14)15/h11-14H,3-10H2,1-2H3;3-8H,1-2H3,(H,14,15)/p-1. The smallest absolute Gasteiger partial charge is 0.0441 e. The lowest BCUT2D eigenvalue weighted by atomic mass is 10.0. The van der Waals surface area contributed by atoms with E-state index in [0.29, 0.717) is 4.90 Å². The molecule has 4 heteroatoms. The quantitative estimate of drug-likeness (QED) is 0.239. The largest absolute Gasteiger partial charge is 0.768 e. The van der Waals surface area contributed by atoms with Crippen LogP contribution in [0.25, 0.3) is 10.8 Å². The minimum atomic E-state index is -2.19. The molecule has 0 aromatic heterocycles. The fourth-order valence-electron chi connectivity index (χ4n) is 3.81. The van der Waals surface area contributed by atoms with Gasteiger partial charge in [0.1, 0.15) is 0 Å². The van der Waals surface area contributed by atoms with Gasteiger partial charge in [-0.05, 0) is 65.4 Å².